The maximum Gasteiger partial charge on any atom is 0.221 e. The van der Waals surface area contributed by atoms with Crippen LogP contribution in [0, 0.1) is 0 Å². The van der Waals surface area contributed by atoms with Gasteiger partial charge in [0, 0.05) is 23.1 Å². The second-order valence-electron chi connectivity index (χ2n) is 5.06. The van der Waals surface area contributed by atoms with Crippen molar-refractivity contribution in [1.29, 1.82) is 0 Å². The van der Waals surface area contributed by atoms with E-state index >= 15 is 0 Å². The molecule has 2 aromatic rings. The van der Waals surface area contributed by atoms with E-state index in [1.54, 1.807) is 7.11 Å². The lowest BCUT2D eigenvalue weighted by atomic mass is 10.3. The summed E-state index contributed by atoms with van der Waals surface area (Å²) in [7, 11) is 1.62. The highest BCUT2D eigenvalue weighted by Crippen LogP contribution is 2.17. The summed E-state index contributed by atoms with van der Waals surface area (Å²) in [6, 6.07) is 15.2. The first-order chi connectivity index (χ1) is 11.7. The van der Waals surface area contributed by atoms with E-state index in [2.05, 4.69) is 26.6 Å². The molecule has 2 N–H and O–H groups in total. The number of ether oxygens (including phenoxy) is 2. The predicted molar refractivity (Wildman–Crippen MR) is 98.7 cm³/mol. The van der Waals surface area contributed by atoms with Gasteiger partial charge in [0.25, 0.3) is 0 Å². The van der Waals surface area contributed by atoms with Gasteiger partial charge in [-0.3, -0.25) is 4.79 Å². The Balaban J connectivity index is 1.57. The van der Waals surface area contributed by atoms with Crippen LogP contribution in [0.15, 0.2) is 53.0 Å². The largest absolute Gasteiger partial charge is 0.497 e. The van der Waals surface area contributed by atoms with Crippen LogP contribution in [0.2, 0.25) is 0 Å². The molecule has 1 amide bonds. The van der Waals surface area contributed by atoms with Crippen LogP contribution in [0.4, 0.5) is 5.69 Å². The standard InChI is InChI=1S/C18H21BrN2O3/c1-23-16-5-7-17(8-6-16)24-12-11-21-18(22)9-10-20-15-4-2-3-14(19)13-15/h2-8,13,20H,9-12H2,1H3,(H,21,22). The molecule has 0 unspecified atom stereocenters. The van der Waals surface area contributed by atoms with Crippen LogP contribution in [0.1, 0.15) is 6.42 Å². The van der Waals surface area contributed by atoms with Crippen molar-refractivity contribution < 1.29 is 14.3 Å². The van der Waals surface area contributed by atoms with Crippen molar-refractivity contribution in [1.82, 2.24) is 5.32 Å². The molecule has 0 aliphatic carbocycles. The lowest BCUT2D eigenvalue weighted by Crippen LogP contribution is -2.29. The first-order valence-electron chi connectivity index (χ1n) is 7.70. The molecule has 0 aliphatic heterocycles. The molecule has 0 aliphatic rings. The van der Waals surface area contributed by atoms with Crippen LogP contribution in [-0.2, 0) is 4.79 Å². The quantitative estimate of drug-likeness (QED) is 0.641. The highest BCUT2D eigenvalue weighted by molar-refractivity contribution is 9.10. The fourth-order valence-corrected chi connectivity index (χ4v) is 2.44. The van der Waals surface area contributed by atoms with Crippen LogP contribution in [-0.4, -0.2) is 32.7 Å². The third kappa shape index (κ3) is 6.50. The van der Waals surface area contributed by atoms with Gasteiger partial charge in [-0.1, -0.05) is 22.0 Å². The van der Waals surface area contributed by atoms with E-state index in [4.69, 9.17) is 9.47 Å². The molecule has 0 spiro atoms. The second kappa shape index (κ2) is 9.82. The summed E-state index contributed by atoms with van der Waals surface area (Å²) in [5.74, 6) is 1.53. The summed E-state index contributed by atoms with van der Waals surface area (Å²) in [5.41, 5.74) is 0.986. The zero-order valence-electron chi connectivity index (χ0n) is 13.5. The Morgan fingerprint density at radius 3 is 2.54 bits per heavy atom. The molecular weight excluding hydrogens is 372 g/mol. The summed E-state index contributed by atoms with van der Waals surface area (Å²) in [6.45, 7) is 1.49. The second-order valence-corrected chi connectivity index (χ2v) is 5.98. The molecule has 0 atom stereocenters. The number of carbonyl (C=O) groups is 1. The van der Waals surface area contributed by atoms with Gasteiger partial charge in [0.2, 0.25) is 5.91 Å². The van der Waals surface area contributed by atoms with Crippen LogP contribution in [0.5, 0.6) is 11.5 Å². The molecule has 0 fully saturated rings. The number of benzene rings is 2. The topological polar surface area (TPSA) is 59.6 Å². The fraction of sp³-hybridized carbons (Fsp3) is 0.278. The van der Waals surface area contributed by atoms with Crippen molar-refractivity contribution in [2.75, 3.05) is 32.1 Å². The number of rotatable bonds is 9. The monoisotopic (exact) mass is 392 g/mol. The smallest absolute Gasteiger partial charge is 0.221 e. The number of nitrogens with one attached hydrogen (secondary N) is 2. The van der Waals surface area contributed by atoms with E-state index in [-0.39, 0.29) is 5.91 Å². The Hall–Kier alpha value is -2.21. The number of methoxy groups -OCH3 is 1. The first-order valence-corrected chi connectivity index (χ1v) is 8.49. The number of halogens is 1. The summed E-state index contributed by atoms with van der Waals surface area (Å²) in [6.07, 6.45) is 0.412. The van der Waals surface area contributed by atoms with Gasteiger partial charge in [0.05, 0.1) is 13.7 Å². The zero-order chi connectivity index (χ0) is 17.2. The van der Waals surface area contributed by atoms with Crippen LogP contribution in [0.3, 0.4) is 0 Å². The Morgan fingerprint density at radius 2 is 1.83 bits per heavy atom. The molecule has 0 heterocycles. The van der Waals surface area contributed by atoms with E-state index in [1.165, 1.54) is 0 Å². The van der Waals surface area contributed by atoms with Gasteiger partial charge < -0.3 is 20.1 Å². The van der Waals surface area contributed by atoms with Crippen LogP contribution >= 0.6 is 15.9 Å². The molecule has 0 bridgehead atoms. The third-order valence-corrected chi connectivity index (χ3v) is 3.75. The number of carbonyl (C=O) groups excluding carboxylic acids is 1. The van der Waals surface area contributed by atoms with Gasteiger partial charge in [0.1, 0.15) is 18.1 Å². The predicted octanol–water partition coefficient (Wildman–Crippen LogP) is 3.45. The lowest BCUT2D eigenvalue weighted by Gasteiger charge is -2.09. The molecule has 0 saturated heterocycles. The Kier molecular flexibility index (Phi) is 7.42. The number of hydrogen-bond donors (Lipinski definition) is 2. The average molecular weight is 393 g/mol. The van der Waals surface area contributed by atoms with Crippen LogP contribution < -0.4 is 20.1 Å². The number of amides is 1. The van der Waals surface area contributed by atoms with Gasteiger partial charge in [-0.05, 0) is 42.5 Å². The molecule has 128 valence electrons. The molecule has 0 saturated carbocycles. The van der Waals surface area contributed by atoms with Crippen molar-refractivity contribution in [3.8, 4) is 11.5 Å². The maximum atomic E-state index is 11.8. The van der Waals surface area contributed by atoms with Gasteiger partial charge in [-0.25, -0.2) is 0 Å². The molecule has 0 radical (unpaired) electrons. The Labute approximate surface area is 150 Å². The molecule has 0 aromatic heterocycles. The van der Waals surface area contributed by atoms with Crippen molar-refractivity contribution in [3.63, 3.8) is 0 Å². The minimum absolute atomic E-state index is 0.00386. The summed E-state index contributed by atoms with van der Waals surface area (Å²) in [4.78, 5) is 11.8. The van der Waals surface area contributed by atoms with Gasteiger partial charge in [0.15, 0.2) is 0 Å². The van der Waals surface area contributed by atoms with Gasteiger partial charge in [-0.15, -0.1) is 0 Å². The summed E-state index contributed by atoms with van der Waals surface area (Å²) < 4.78 is 11.6. The number of anilines is 1. The van der Waals surface area contributed by atoms with Crippen molar-refractivity contribution in [2.45, 2.75) is 6.42 Å². The molecule has 6 heteroatoms. The van der Waals surface area contributed by atoms with Crippen LogP contribution in [0.25, 0.3) is 0 Å². The summed E-state index contributed by atoms with van der Waals surface area (Å²) >= 11 is 3.41. The average Bonchev–Trinajstić information content (AvgIpc) is 2.59. The molecular formula is C18H21BrN2O3. The zero-order valence-corrected chi connectivity index (χ0v) is 15.1. The van der Waals surface area contributed by atoms with Crippen molar-refractivity contribution >= 4 is 27.5 Å². The Morgan fingerprint density at radius 1 is 1.08 bits per heavy atom. The van der Waals surface area contributed by atoms with E-state index in [0.717, 1.165) is 21.7 Å². The van der Waals surface area contributed by atoms with E-state index in [0.29, 0.717) is 26.1 Å². The molecule has 2 rings (SSSR count). The Bertz CT molecular complexity index is 647. The summed E-state index contributed by atoms with van der Waals surface area (Å²) in [5, 5.41) is 6.04. The van der Waals surface area contributed by atoms with Gasteiger partial charge >= 0.3 is 0 Å². The highest BCUT2D eigenvalue weighted by atomic mass is 79.9. The number of hydrogen-bond acceptors (Lipinski definition) is 4. The SMILES string of the molecule is COc1ccc(OCCNC(=O)CCNc2cccc(Br)c2)cc1. The molecule has 2 aromatic carbocycles. The maximum absolute atomic E-state index is 11.8. The van der Waals surface area contributed by atoms with E-state index in [9.17, 15) is 4.79 Å². The van der Waals surface area contributed by atoms with Crippen molar-refractivity contribution in [3.05, 3.63) is 53.0 Å². The third-order valence-electron chi connectivity index (χ3n) is 3.26. The minimum atomic E-state index is -0.00386. The van der Waals surface area contributed by atoms with E-state index in [1.807, 2.05) is 48.5 Å². The normalized spacial score (nSPS) is 10.1. The van der Waals surface area contributed by atoms with Crippen molar-refractivity contribution in [2.24, 2.45) is 0 Å². The first kappa shape index (κ1) is 18.1. The highest BCUT2D eigenvalue weighted by Gasteiger charge is 2.01. The fourth-order valence-electron chi connectivity index (χ4n) is 2.04. The van der Waals surface area contributed by atoms with E-state index < -0.39 is 0 Å². The molecule has 5 nitrogen and oxygen atoms in total. The molecule has 24 heavy (non-hydrogen) atoms. The lowest BCUT2D eigenvalue weighted by molar-refractivity contribution is -0.120. The van der Waals surface area contributed by atoms with Gasteiger partial charge in [-0.2, -0.15) is 0 Å². The minimum Gasteiger partial charge on any atom is -0.497 e.